The van der Waals surface area contributed by atoms with Gasteiger partial charge < -0.3 is 5.11 Å². The maximum atomic E-state index is 11.7. The molecule has 0 saturated heterocycles. The van der Waals surface area contributed by atoms with E-state index in [1.807, 2.05) is 0 Å². The summed E-state index contributed by atoms with van der Waals surface area (Å²) in [6.07, 6.45) is 5.26. The van der Waals surface area contributed by atoms with E-state index in [2.05, 4.69) is 21.3 Å². The van der Waals surface area contributed by atoms with Crippen molar-refractivity contribution in [1.82, 2.24) is 10.1 Å². The number of nitrogens with one attached hydrogen (secondary N) is 2. The molecule has 0 amide bonds. The van der Waals surface area contributed by atoms with E-state index in [4.69, 9.17) is 6.42 Å². The summed E-state index contributed by atoms with van der Waals surface area (Å²) in [5, 5.41) is 15.2. The Labute approximate surface area is 109 Å². The van der Waals surface area contributed by atoms with Crippen molar-refractivity contribution in [2.24, 2.45) is 0 Å². The van der Waals surface area contributed by atoms with Crippen molar-refractivity contribution < 1.29 is 9.65 Å². The first kappa shape index (κ1) is 12.6. The minimum atomic E-state index is -0.00573. The second-order valence-corrected chi connectivity index (χ2v) is 3.93. The Morgan fingerprint density at radius 3 is 2.84 bits per heavy atom. The molecule has 0 saturated carbocycles. The highest BCUT2D eigenvalue weighted by Gasteiger charge is 2.17. The van der Waals surface area contributed by atoms with Crippen LogP contribution in [-0.4, -0.2) is 22.2 Å². The molecule has 1 aromatic carbocycles. The molecule has 19 heavy (non-hydrogen) atoms. The third kappa shape index (κ3) is 2.26. The molecule has 0 unspecified atom stereocenters. The number of H-pyrrole nitrogens is 1. The molecule has 0 aliphatic carbocycles. The summed E-state index contributed by atoms with van der Waals surface area (Å²) in [5.41, 5.74) is 2.06. The third-order valence-corrected chi connectivity index (χ3v) is 2.70. The average molecular weight is 257 g/mol. The van der Waals surface area contributed by atoms with Crippen LogP contribution in [0.5, 0.6) is 5.75 Å². The minimum Gasteiger partial charge on any atom is -0.507 e. The molecule has 3 N–H and O–H groups in total. The van der Waals surface area contributed by atoms with E-state index >= 15 is 0 Å². The van der Waals surface area contributed by atoms with E-state index in [1.165, 1.54) is 6.07 Å². The fourth-order valence-corrected chi connectivity index (χ4v) is 1.74. The van der Waals surface area contributed by atoms with Crippen LogP contribution in [0.1, 0.15) is 11.3 Å². The lowest BCUT2D eigenvalue weighted by molar-refractivity contribution is -0.551. The number of anilines is 1. The van der Waals surface area contributed by atoms with Gasteiger partial charge in [0, 0.05) is 11.1 Å². The average Bonchev–Trinajstić information content (AvgIpc) is 2.41. The summed E-state index contributed by atoms with van der Waals surface area (Å²) in [6.45, 7) is 1.74. The molecule has 1 heterocycles. The lowest BCUT2D eigenvalue weighted by atomic mass is 10.1. The number of hydrogen-bond acceptors (Lipinski definition) is 4. The van der Waals surface area contributed by atoms with Crippen LogP contribution in [0.25, 0.3) is 11.3 Å². The van der Waals surface area contributed by atoms with Crippen LogP contribution in [0.3, 0.4) is 0 Å². The van der Waals surface area contributed by atoms with Gasteiger partial charge in [0.2, 0.25) is 0 Å². The van der Waals surface area contributed by atoms with E-state index in [9.17, 15) is 10.0 Å². The summed E-state index contributed by atoms with van der Waals surface area (Å²) >= 11 is 0. The summed E-state index contributed by atoms with van der Waals surface area (Å²) < 4.78 is 0.497. The quantitative estimate of drug-likeness (QED) is 0.554. The number of hydrogen-bond donors (Lipinski definition) is 3. The lowest BCUT2D eigenvalue weighted by Gasteiger charge is -2.05. The highest BCUT2D eigenvalue weighted by molar-refractivity contribution is 5.69. The van der Waals surface area contributed by atoms with Gasteiger partial charge in [0.05, 0.1) is 11.6 Å². The second-order valence-electron chi connectivity index (χ2n) is 3.93. The molecule has 2 aromatic rings. The maximum absolute atomic E-state index is 11.7. The SMILES string of the molecule is C#Cc1ccc(-c2[nH][n+](=O)c(NC)nc2C)c(O)c1. The zero-order valence-corrected chi connectivity index (χ0v) is 10.6. The number of aromatic amines is 1. The maximum Gasteiger partial charge on any atom is 0.452 e. The Kier molecular flexibility index (Phi) is 3.21. The van der Waals surface area contributed by atoms with Gasteiger partial charge in [-0.05, 0) is 25.1 Å². The Balaban J connectivity index is 2.63. The monoisotopic (exact) mass is 257 g/mol. The lowest BCUT2D eigenvalue weighted by Crippen LogP contribution is -2.27. The third-order valence-electron chi connectivity index (χ3n) is 2.70. The van der Waals surface area contributed by atoms with Crippen molar-refractivity contribution >= 4 is 5.95 Å². The van der Waals surface area contributed by atoms with Crippen LogP contribution in [-0.2, 0) is 0 Å². The predicted molar refractivity (Wildman–Crippen MR) is 71.3 cm³/mol. The number of nitrogens with zero attached hydrogens (tertiary/aromatic N) is 2. The standard InChI is InChI=1S/C13H12N4O2/c1-4-9-5-6-10(11(18)7-9)12-8(2)15-13(14-3)17(19)16-12/h1,5-7H,2-3H3,(H2-,14,15,16,18,19)/p+1. The van der Waals surface area contributed by atoms with Gasteiger partial charge in [-0.15, -0.1) is 6.42 Å². The molecule has 2 rings (SSSR count). The van der Waals surface area contributed by atoms with Gasteiger partial charge in [-0.1, -0.05) is 15.8 Å². The number of rotatable bonds is 2. The Morgan fingerprint density at radius 2 is 2.26 bits per heavy atom. The zero-order chi connectivity index (χ0) is 14.0. The number of benzene rings is 1. The van der Waals surface area contributed by atoms with Crippen molar-refractivity contribution in [2.75, 3.05) is 12.4 Å². The molecule has 0 fully saturated rings. The van der Waals surface area contributed by atoms with Crippen molar-refractivity contribution in [3.05, 3.63) is 34.4 Å². The van der Waals surface area contributed by atoms with Crippen LogP contribution < -0.4 is 9.86 Å². The number of aromatic hydroxyl groups is 1. The summed E-state index contributed by atoms with van der Waals surface area (Å²) in [4.78, 5) is 15.8. The van der Waals surface area contributed by atoms with E-state index in [0.717, 1.165) is 0 Å². The molecule has 0 aliphatic heterocycles. The van der Waals surface area contributed by atoms with Gasteiger partial charge in [-0.3, -0.25) is 5.32 Å². The van der Waals surface area contributed by atoms with Gasteiger partial charge in [0.25, 0.3) is 0 Å². The van der Waals surface area contributed by atoms with Crippen molar-refractivity contribution in [3.8, 4) is 29.4 Å². The molecule has 0 bridgehead atoms. The Morgan fingerprint density at radius 1 is 1.53 bits per heavy atom. The van der Waals surface area contributed by atoms with Crippen molar-refractivity contribution in [1.29, 1.82) is 0 Å². The summed E-state index contributed by atoms with van der Waals surface area (Å²) in [7, 11) is 1.60. The molecule has 6 nitrogen and oxygen atoms in total. The van der Waals surface area contributed by atoms with E-state index in [1.54, 1.807) is 26.1 Å². The molecule has 1 aromatic heterocycles. The number of phenols is 1. The molecule has 0 spiro atoms. The van der Waals surface area contributed by atoms with Crippen molar-refractivity contribution in [2.45, 2.75) is 6.92 Å². The first-order valence-corrected chi connectivity index (χ1v) is 5.58. The second kappa shape index (κ2) is 4.82. The molecule has 0 atom stereocenters. The Hall–Kier alpha value is -2.81. The van der Waals surface area contributed by atoms with Crippen LogP contribution >= 0.6 is 0 Å². The van der Waals surface area contributed by atoms with Crippen LogP contribution in [0, 0.1) is 24.2 Å². The van der Waals surface area contributed by atoms with Crippen LogP contribution in [0.15, 0.2) is 18.2 Å². The summed E-state index contributed by atoms with van der Waals surface area (Å²) in [5.74, 6) is 2.58. The molecular weight excluding hydrogens is 244 g/mol. The first-order valence-electron chi connectivity index (χ1n) is 5.58. The first-order chi connectivity index (χ1) is 9.06. The fourth-order valence-electron chi connectivity index (χ4n) is 1.74. The van der Waals surface area contributed by atoms with E-state index < -0.39 is 0 Å². The van der Waals surface area contributed by atoms with E-state index in [-0.39, 0.29) is 11.7 Å². The smallest absolute Gasteiger partial charge is 0.452 e. The van der Waals surface area contributed by atoms with Gasteiger partial charge in [0.1, 0.15) is 17.1 Å². The largest absolute Gasteiger partial charge is 0.507 e. The normalized spacial score (nSPS) is 9.95. The topological polar surface area (TPSA) is 83.9 Å². The van der Waals surface area contributed by atoms with Crippen molar-refractivity contribution in [3.63, 3.8) is 0 Å². The predicted octanol–water partition coefficient (Wildman–Crippen LogP) is 1.03. The molecule has 6 heteroatoms. The minimum absolute atomic E-state index is 0.00573. The molecule has 0 aliphatic rings. The zero-order valence-electron chi connectivity index (χ0n) is 10.6. The van der Waals surface area contributed by atoms with Crippen LogP contribution in [0.2, 0.25) is 0 Å². The highest BCUT2D eigenvalue weighted by Crippen LogP contribution is 2.29. The number of terminal acetylenes is 1. The molecule has 0 radical (unpaired) electrons. The molecule has 96 valence electrons. The van der Waals surface area contributed by atoms with Gasteiger partial charge in [0.15, 0.2) is 0 Å². The molecular formula is C13H13N4O2+. The van der Waals surface area contributed by atoms with Gasteiger partial charge in [-0.2, -0.15) is 0 Å². The number of aromatic nitrogens is 3. The van der Waals surface area contributed by atoms with Gasteiger partial charge >= 0.3 is 5.95 Å². The summed E-state index contributed by atoms with van der Waals surface area (Å²) in [6, 6.07) is 4.79. The van der Waals surface area contributed by atoms with Gasteiger partial charge in [-0.25, -0.2) is 5.10 Å². The Bertz CT molecular complexity index is 728. The van der Waals surface area contributed by atoms with Crippen LogP contribution in [0.4, 0.5) is 5.95 Å². The highest BCUT2D eigenvalue weighted by atomic mass is 16.3. The number of phenolic OH excluding ortho intramolecular Hbond substituents is 1. The van der Waals surface area contributed by atoms with E-state index in [0.29, 0.717) is 27.1 Å². The fraction of sp³-hybridized carbons (Fsp3) is 0.154. The number of aryl methyl sites for hydroxylation is 1.